The Hall–Kier alpha value is -2.64. The molecule has 1 atom stereocenters. The number of sulfonamides is 1. The van der Waals surface area contributed by atoms with Gasteiger partial charge in [-0.3, -0.25) is 19.2 Å². The average molecular weight is 503 g/mol. The van der Waals surface area contributed by atoms with Crippen molar-refractivity contribution in [1.82, 2.24) is 4.90 Å². The molecule has 0 saturated carbocycles. The number of thiophene rings is 1. The zero-order valence-corrected chi connectivity index (χ0v) is 20.2. The molecule has 2 amide bonds. The number of benzene rings is 1. The molecular weight excluding hydrogens is 480 g/mol. The fraction of sp³-hybridized carbons (Fsp3) is 0.368. The highest BCUT2D eigenvalue weighted by molar-refractivity contribution is 7.92. The summed E-state index contributed by atoms with van der Waals surface area (Å²) in [5, 5.41) is 1.38. The molecule has 0 fully saturated rings. The van der Waals surface area contributed by atoms with Crippen molar-refractivity contribution >= 4 is 48.0 Å². The fourth-order valence-electron chi connectivity index (χ4n) is 3.37. The number of nitrogens with zero attached hydrogens (tertiary/aromatic N) is 1. The highest BCUT2D eigenvalue weighted by Crippen LogP contribution is 2.41. The van der Waals surface area contributed by atoms with Gasteiger partial charge in [0.25, 0.3) is 11.8 Å². The number of anilines is 1. The first kappa shape index (κ1) is 24.0. The summed E-state index contributed by atoms with van der Waals surface area (Å²) in [6.07, 6.45) is 1.93. The molecule has 2 heterocycles. The molecule has 0 saturated heterocycles. The Morgan fingerprint density at radius 2 is 1.78 bits per heavy atom. The third kappa shape index (κ3) is 4.89. The second kappa shape index (κ2) is 8.71. The van der Waals surface area contributed by atoms with Crippen molar-refractivity contribution in [1.29, 1.82) is 0 Å². The molecular formula is C19H22N2O8S3. The number of hydrogen-bond donors (Lipinski definition) is 1. The SMILES string of the molecule is CCOc1cc(C(CS(C)(=O)=O)N2C(=O)c3csc(NS(C)(=O)=O)c3C2=O)ccc1OC. The first-order valence-electron chi connectivity index (χ1n) is 9.32. The van der Waals surface area contributed by atoms with E-state index in [0.717, 1.165) is 28.7 Å². The molecule has 2 aromatic rings. The Morgan fingerprint density at radius 1 is 1.09 bits per heavy atom. The molecule has 3 rings (SSSR count). The van der Waals surface area contributed by atoms with Gasteiger partial charge in [0.2, 0.25) is 10.0 Å². The van der Waals surface area contributed by atoms with E-state index in [1.165, 1.54) is 18.6 Å². The van der Waals surface area contributed by atoms with Gasteiger partial charge in [-0.15, -0.1) is 11.3 Å². The highest BCUT2D eigenvalue weighted by atomic mass is 32.2. The lowest BCUT2D eigenvalue weighted by atomic mass is 10.1. The number of carbonyl (C=O) groups excluding carboxylic acids is 2. The largest absolute Gasteiger partial charge is 0.493 e. The van der Waals surface area contributed by atoms with Crippen molar-refractivity contribution in [3.63, 3.8) is 0 Å². The minimum atomic E-state index is -3.70. The first-order chi connectivity index (χ1) is 14.9. The summed E-state index contributed by atoms with van der Waals surface area (Å²) in [4.78, 5) is 27.2. The van der Waals surface area contributed by atoms with E-state index in [1.54, 1.807) is 19.1 Å². The van der Waals surface area contributed by atoms with Crippen LogP contribution in [0.2, 0.25) is 0 Å². The number of methoxy groups -OCH3 is 1. The molecule has 1 N–H and O–H groups in total. The van der Waals surface area contributed by atoms with Gasteiger partial charge in [0, 0.05) is 11.6 Å². The van der Waals surface area contributed by atoms with Crippen LogP contribution in [0, 0.1) is 0 Å². The number of amides is 2. The van der Waals surface area contributed by atoms with E-state index in [9.17, 15) is 26.4 Å². The molecule has 1 aromatic carbocycles. The van der Waals surface area contributed by atoms with Crippen LogP contribution in [0.1, 0.15) is 39.2 Å². The van der Waals surface area contributed by atoms with Gasteiger partial charge in [0.05, 0.1) is 42.9 Å². The Kier molecular flexibility index (Phi) is 6.54. The molecule has 0 spiro atoms. The van der Waals surface area contributed by atoms with Crippen molar-refractivity contribution in [2.75, 3.05) is 36.7 Å². The van der Waals surface area contributed by atoms with Gasteiger partial charge in [-0.2, -0.15) is 0 Å². The normalized spacial score (nSPS) is 14.9. The third-order valence-corrected chi connectivity index (χ3v) is 7.12. The second-order valence-corrected chi connectivity index (χ2v) is 12.0. The smallest absolute Gasteiger partial charge is 0.265 e. The number of hydrogen-bond acceptors (Lipinski definition) is 9. The number of ether oxygens (including phenoxy) is 2. The monoisotopic (exact) mass is 502 g/mol. The van der Waals surface area contributed by atoms with Gasteiger partial charge in [0.1, 0.15) is 14.8 Å². The van der Waals surface area contributed by atoms with Gasteiger partial charge in [-0.25, -0.2) is 16.8 Å². The van der Waals surface area contributed by atoms with Crippen LogP contribution in [0.3, 0.4) is 0 Å². The van der Waals surface area contributed by atoms with Crippen molar-refractivity contribution in [2.45, 2.75) is 13.0 Å². The summed E-state index contributed by atoms with van der Waals surface area (Å²) in [6, 6.07) is 3.49. The van der Waals surface area contributed by atoms with Crippen molar-refractivity contribution in [2.24, 2.45) is 0 Å². The molecule has 1 aromatic heterocycles. The lowest BCUT2D eigenvalue weighted by Crippen LogP contribution is -2.38. The predicted octanol–water partition coefficient (Wildman–Crippen LogP) is 1.91. The molecule has 10 nitrogen and oxygen atoms in total. The summed E-state index contributed by atoms with van der Waals surface area (Å²) < 4.78 is 60.7. The standard InChI is InChI=1S/C19H22N2O8S3/c1-5-29-15-8-11(6-7-14(15)28-2)13(10-31(3,24)25)21-18(22)12-9-30-17(16(12)19(21)23)20-32(4,26)27/h6-9,13,20H,5,10H2,1-4H3. The Labute approximate surface area is 190 Å². The fourth-order valence-corrected chi connectivity index (χ4v) is 6.14. The van der Waals surface area contributed by atoms with E-state index >= 15 is 0 Å². The van der Waals surface area contributed by atoms with Gasteiger partial charge in [-0.1, -0.05) is 6.07 Å². The molecule has 1 aliphatic heterocycles. The summed E-state index contributed by atoms with van der Waals surface area (Å²) in [5.74, 6) is -1.26. The summed E-state index contributed by atoms with van der Waals surface area (Å²) in [7, 11) is -5.88. The van der Waals surface area contributed by atoms with Gasteiger partial charge in [0.15, 0.2) is 11.5 Å². The van der Waals surface area contributed by atoms with Crippen LogP contribution >= 0.6 is 11.3 Å². The van der Waals surface area contributed by atoms with Gasteiger partial charge < -0.3 is 9.47 Å². The molecule has 13 heteroatoms. The van der Waals surface area contributed by atoms with Crippen LogP contribution in [0.25, 0.3) is 0 Å². The van der Waals surface area contributed by atoms with Crippen LogP contribution in [-0.4, -0.2) is 65.5 Å². The van der Waals surface area contributed by atoms with E-state index < -0.39 is 43.5 Å². The van der Waals surface area contributed by atoms with Crippen molar-refractivity contribution < 1.29 is 35.9 Å². The van der Waals surface area contributed by atoms with E-state index in [0.29, 0.717) is 23.7 Å². The number of fused-ring (bicyclic) bond motifs is 1. The minimum absolute atomic E-state index is 0.00573. The third-order valence-electron chi connectivity index (χ3n) is 4.60. The van der Waals surface area contributed by atoms with E-state index in [2.05, 4.69) is 4.72 Å². The van der Waals surface area contributed by atoms with Gasteiger partial charge in [-0.05, 0) is 24.6 Å². The second-order valence-electron chi connectivity index (χ2n) is 7.16. The molecule has 174 valence electrons. The molecule has 0 radical (unpaired) electrons. The van der Waals surface area contributed by atoms with Crippen molar-refractivity contribution in [3.8, 4) is 11.5 Å². The van der Waals surface area contributed by atoms with Crippen LogP contribution in [-0.2, 0) is 19.9 Å². The first-order valence-corrected chi connectivity index (χ1v) is 14.1. The van der Waals surface area contributed by atoms with Crippen LogP contribution in [0.4, 0.5) is 5.00 Å². The molecule has 32 heavy (non-hydrogen) atoms. The quantitative estimate of drug-likeness (QED) is 0.514. The molecule has 0 aliphatic carbocycles. The zero-order valence-electron chi connectivity index (χ0n) is 17.7. The summed E-state index contributed by atoms with van der Waals surface area (Å²) in [6.45, 7) is 2.08. The summed E-state index contributed by atoms with van der Waals surface area (Å²) >= 11 is 0.910. The number of nitrogens with one attached hydrogen (secondary N) is 1. The maximum absolute atomic E-state index is 13.2. The maximum Gasteiger partial charge on any atom is 0.265 e. The van der Waals surface area contributed by atoms with Crippen molar-refractivity contribution in [3.05, 3.63) is 40.3 Å². The van der Waals surface area contributed by atoms with Crippen LogP contribution in [0.15, 0.2) is 23.6 Å². The Morgan fingerprint density at radius 3 is 2.34 bits per heavy atom. The molecule has 1 unspecified atom stereocenters. The van der Waals surface area contributed by atoms with Crippen LogP contribution < -0.4 is 14.2 Å². The van der Waals surface area contributed by atoms with E-state index in [1.807, 2.05) is 0 Å². The molecule has 0 bridgehead atoms. The topological polar surface area (TPSA) is 136 Å². The predicted molar refractivity (Wildman–Crippen MR) is 120 cm³/mol. The Bertz CT molecular complexity index is 1280. The zero-order chi connectivity index (χ0) is 23.8. The number of imide groups is 1. The summed E-state index contributed by atoms with van der Waals surface area (Å²) in [5.41, 5.74) is 0.276. The maximum atomic E-state index is 13.2. The minimum Gasteiger partial charge on any atom is -0.493 e. The van der Waals surface area contributed by atoms with Gasteiger partial charge >= 0.3 is 0 Å². The van der Waals surface area contributed by atoms with E-state index in [-0.39, 0.29) is 16.1 Å². The number of carbonyl (C=O) groups is 2. The lowest BCUT2D eigenvalue weighted by Gasteiger charge is -2.27. The number of rotatable bonds is 9. The van der Waals surface area contributed by atoms with Crippen LogP contribution in [0.5, 0.6) is 11.5 Å². The molecule has 1 aliphatic rings. The Balaban J connectivity index is 2.10. The average Bonchev–Trinajstić information content (AvgIpc) is 3.18. The highest BCUT2D eigenvalue weighted by Gasteiger charge is 2.44. The van der Waals surface area contributed by atoms with E-state index in [4.69, 9.17) is 9.47 Å². The lowest BCUT2D eigenvalue weighted by molar-refractivity contribution is 0.0597. The number of sulfone groups is 1.